The van der Waals surface area contributed by atoms with Crippen LogP contribution in [0, 0.1) is 0 Å². The van der Waals surface area contributed by atoms with E-state index in [-0.39, 0.29) is 17.4 Å². The number of hydrogen-bond donors (Lipinski definition) is 0. The Morgan fingerprint density at radius 1 is 1.53 bits per heavy atom. The first kappa shape index (κ1) is 12.6. The zero-order valence-electron chi connectivity index (χ0n) is 9.69. The summed E-state index contributed by atoms with van der Waals surface area (Å²) >= 11 is 3.16. The number of ether oxygens (including phenoxy) is 1. The molecule has 1 aromatic rings. The number of rotatable bonds is 3. The summed E-state index contributed by atoms with van der Waals surface area (Å²) in [6, 6.07) is 0. The average Bonchev–Trinajstić information content (AvgIpc) is 2.79. The number of halogens is 1. The molecule has 5 nitrogen and oxygen atoms in total. The van der Waals surface area contributed by atoms with Crippen molar-refractivity contribution in [1.29, 1.82) is 0 Å². The Morgan fingerprint density at radius 2 is 2.29 bits per heavy atom. The highest BCUT2D eigenvalue weighted by Gasteiger charge is 2.16. The second kappa shape index (κ2) is 5.18. The maximum atomic E-state index is 11.8. The molecule has 0 spiro atoms. The van der Waals surface area contributed by atoms with Gasteiger partial charge in [0.1, 0.15) is 0 Å². The third kappa shape index (κ3) is 2.69. The largest absolute Gasteiger partial charge is 0.378 e. The van der Waals surface area contributed by atoms with E-state index in [4.69, 9.17) is 4.74 Å². The van der Waals surface area contributed by atoms with Crippen molar-refractivity contribution in [2.45, 2.75) is 31.9 Å². The summed E-state index contributed by atoms with van der Waals surface area (Å²) in [4.78, 5) is 23.6. The van der Waals surface area contributed by atoms with Crippen molar-refractivity contribution in [3.8, 4) is 0 Å². The predicted octanol–water partition coefficient (Wildman–Crippen LogP) is 0.879. The van der Waals surface area contributed by atoms with Gasteiger partial charge < -0.3 is 9.30 Å². The monoisotopic (exact) mass is 302 g/mol. The van der Waals surface area contributed by atoms with Gasteiger partial charge in [-0.15, -0.1) is 0 Å². The van der Waals surface area contributed by atoms with Crippen molar-refractivity contribution in [1.82, 2.24) is 9.13 Å². The molecule has 1 unspecified atom stereocenters. The van der Waals surface area contributed by atoms with Crippen LogP contribution in [0.25, 0.3) is 0 Å². The molecule has 1 aromatic heterocycles. The third-order valence-corrected chi connectivity index (χ3v) is 3.53. The Labute approximate surface area is 107 Å². The van der Waals surface area contributed by atoms with E-state index in [9.17, 15) is 9.59 Å². The van der Waals surface area contributed by atoms with Gasteiger partial charge in [0.25, 0.3) is 5.56 Å². The van der Waals surface area contributed by atoms with Crippen molar-refractivity contribution in [3.05, 3.63) is 31.5 Å². The van der Waals surface area contributed by atoms with Gasteiger partial charge in [0, 0.05) is 26.4 Å². The predicted molar refractivity (Wildman–Crippen MR) is 67.2 cm³/mol. The maximum Gasteiger partial charge on any atom is 0.330 e. The lowest BCUT2D eigenvalue weighted by Gasteiger charge is -2.11. The second-order valence-electron chi connectivity index (χ2n) is 4.25. The van der Waals surface area contributed by atoms with E-state index in [1.165, 1.54) is 15.3 Å². The maximum absolute atomic E-state index is 11.8. The van der Waals surface area contributed by atoms with E-state index < -0.39 is 0 Å². The molecule has 6 heteroatoms. The van der Waals surface area contributed by atoms with E-state index in [0.29, 0.717) is 17.4 Å². The first-order valence-electron chi connectivity index (χ1n) is 5.67. The minimum Gasteiger partial charge on any atom is -0.378 e. The molecule has 2 rings (SSSR count). The molecule has 0 saturated carbocycles. The molecule has 0 amide bonds. The molecule has 0 radical (unpaired) electrons. The van der Waals surface area contributed by atoms with Gasteiger partial charge in [-0.05, 0) is 35.2 Å². The highest BCUT2D eigenvalue weighted by molar-refractivity contribution is 9.10. The molecule has 1 saturated heterocycles. The SMILES string of the molecule is Cn1cc(Br)c(=O)n(CCC2CCCO2)c1=O. The summed E-state index contributed by atoms with van der Waals surface area (Å²) in [6.07, 6.45) is 4.48. The standard InChI is InChI=1S/C11H15BrN2O3/c1-13-7-9(12)10(15)14(11(13)16)5-4-8-3-2-6-17-8/h7-8H,2-6H2,1H3. The molecule has 0 bridgehead atoms. The fraction of sp³-hybridized carbons (Fsp3) is 0.636. The number of aryl methyl sites for hydroxylation is 1. The van der Waals surface area contributed by atoms with Gasteiger partial charge in [-0.25, -0.2) is 4.79 Å². The van der Waals surface area contributed by atoms with Gasteiger partial charge in [0.05, 0.1) is 10.6 Å². The molecule has 94 valence electrons. The highest BCUT2D eigenvalue weighted by atomic mass is 79.9. The zero-order valence-corrected chi connectivity index (χ0v) is 11.3. The van der Waals surface area contributed by atoms with Crippen LogP contribution in [-0.4, -0.2) is 21.8 Å². The van der Waals surface area contributed by atoms with E-state index in [2.05, 4.69) is 15.9 Å². The van der Waals surface area contributed by atoms with Crippen LogP contribution in [0.2, 0.25) is 0 Å². The summed E-state index contributed by atoms with van der Waals surface area (Å²) in [5, 5.41) is 0. The highest BCUT2D eigenvalue weighted by Crippen LogP contribution is 2.15. The molecule has 0 aliphatic carbocycles. The smallest absolute Gasteiger partial charge is 0.330 e. The molecular formula is C11H15BrN2O3. The Kier molecular flexibility index (Phi) is 3.83. The van der Waals surface area contributed by atoms with Crippen LogP contribution in [0.1, 0.15) is 19.3 Å². The summed E-state index contributed by atoms with van der Waals surface area (Å²) in [5.74, 6) is 0. The molecule has 2 heterocycles. The van der Waals surface area contributed by atoms with E-state index >= 15 is 0 Å². The zero-order chi connectivity index (χ0) is 12.4. The Bertz CT molecular complexity index is 480. The van der Waals surface area contributed by atoms with Crippen LogP contribution in [0.4, 0.5) is 0 Å². The molecular weight excluding hydrogens is 288 g/mol. The summed E-state index contributed by atoms with van der Waals surface area (Å²) < 4.78 is 8.55. The topological polar surface area (TPSA) is 53.2 Å². The van der Waals surface area contributed by atoms with E-state index in [1.807, 2.05) is 0 Å². The van der Waals surface area contributed by atoms with Gasteiger partial charge in [-0.1, -0.05) is 0 Å². The molecule has 1 atom stereocenters. The minimum absolute atomic E-state index is 0.186. The van der Waals surface area contributed by atoms with Gasteiger partial charge >= 0.3 is 5.69 Å². The Balaban J connectivity index is 2.20. The normalized spacial score (nSPS) is 19.8. The molecule has 1 aliphatic rings. The van der Waals surface area contributed by atoms with Crippen molar-refractivity contribution in [2.24, 2.45) is 7.05 Å². The van der Waals surface area contributed by atoms with Crippen molar-refractivity contribution >= 4 is 15.9 Å². The van der Waals surface area contributed by atoms with Gasteiger partial charge in [-0.3, -0.25) is 9.36 Å². The lowest BCUT2D eigenvalue weighted by atomic mass is 10.2. The van der Waals surface area contributed by atoms with Crippen LogP contribution >= 0.6 is 15.9 Å². The summed E-state index contributed by atoms with van der Waals surface area (Å²) in [7, 11) is 1.63. The first-order valence-corrected chi connectivity index (χ1v) is 6.46. The van der Waals surface area contributed by atoms with E-state index in [1.54, 1.807) is 7.05 Å². The van der Waals surface area contributed by atoms with E-state index in [0.717, 1.165) is 19.4 Å². The third-order valence-electron chi connectivity index (χ3n) is 2.99. The first-order chi connectivity index (χ1) is 8.09. The molecule has 17 heavy (non-hydrogen) atoms. The fourth-order valence-corrected chi connectivity index (χ4v) is 2.55. The summed E-state index contributed by atoms with van der Waals surface area (Å²) in [6.45, 7) is 1.20. The number of aromatic nitrogens is 2. The second-order valence-corrected chi connectivity index (χ2v) is 5.11. The molecule has 0 aromatic carbocycles. The van der Waals surface area contributed by atoms with Crippen LogP contribution in [0.15, 0.2) is 20.3 Å². The Hall–Kier alpha value is -0.880. The van der Waals surface area contributed by atoms with Crippen LogP contribution in [0.5, 0.6) is 0 Å². The molecule has 1 aliphatic heterocycles. The minimum atomic E-state index is -0.281. The van der Waals surface area contributed by atoms with Crippen molar-refractivity contribution in [2.75, 3.05) is 6.61 Å². The lowest BCUT2D eigenvalue weighted by molar-refractivity contribution is 0.0996. The average molecular weight is 303 g/mol. The number of hydrogen-bond acceptors (Lipinski definition) is 3. The molecule has 0 N–H and O–H groups in total. The van der Waals surface area contributed by atoms with Crippen molar-refractivity contribution in [3.63, 3.8) is 0 Å². The Morgan fingerprint density at radius 3 is 2.94 bits per heavy atom. The fourth-order valence-electron chi connectivity index (χ4n) is 2.03. The van der Waals surface area contributed by atoms with Gasteiger partial charge in [0.2, 0.25) is 0 Å². The van der Waals surface area contributed by atoms with Crippen LogP contribution in [0.3, 0.4) is 0 Å². The summed E-state index contributed by atoms with van der Waals surface area (Å²) in [5.41, 5.74) is -0.553. The number of nitrogens with zero attached hydrogens (tertiary/aromatic N) is 2. The lowest BCUT2D eigenvalue weighted by Crippen LogP contribution is -2.39. The van der Waals surface area contributed by atoms with Gasteiger partial charge in [0.15, 0.2) is 0 Å². The van der Waals surface area contributed by atoms with Crippen LogP contribution in [-0.2, 0) is 18.3 Å². The van der Waals surface area contributed by atoms with Crippen molar-refractivity contribution < 1.29 is 4.74 Å². The van der Waals surface area contributed by atoms with Crippen LogP contribution < -0.4 is 11.2 Å². The van der Waals surface area contributed by atoms with Gasteiger partial charge in [-0.2, -0.15) is 0 Å². The molecule has 1 fully saturated rings. The quantitative estimate of drug-likeness (QED) is 0.833.